The summed E-state index contributed by atoms with van der Waals surface area (Å²) in [7, 11) is 0. The molecule has 3 nitrogen and oxygen atoms in total. The maximum absolute atomic E-state index is 6.46. The van der Waals surface area contributed by atoms with E-state index in [1.165, 1.54) is 11.1 Å². The molecule has 3 rings (SSSR count). The Balaban J connectivity index is 1.61. The Morgan fingerprint density at radius 1 is 1.26 bits per heavy atom. The Morgan fingerprint density at radius 3 is 2.85 bits per heavy atom. The summed E-state index contributed by atoms with van der Waals surface area (Å²) in [6.07, 6.45) is 8.18. The van der Waals surface area contributed by atoms with Gasteiger partial charge in [-0.05, 0) is 81.2 Å². The number of nitrogens with one attached hydrogen (secondary N) is 1. The summed E-state index contributed by atoms with van der Waals surface area (Å²) >= 11 is 6.46. The molecule has 1 aromatic carbocycles. The molecule has 2 atom stereocenters. The van der Waals surface area contributed by atoms with Crippen LogP contribution in [0, 0.1) is 11.8 Å². The van der Waals surface area contributed by atoms with Crippen molar-refractivity contribution in [1.82, 2.24) is 10.3 Å². The third-order valence-corrected chi connectivity index (χ3v) is 5.95. The van der Waals surface area contributed by atoms with Crippen LogP contribution >= 0.6 is 11.6 Å². The predicted molar refractivity (Wildman–Crippen MR) is 112 cm³/mol. The lowest BCUT2D eigenvalue weighted by molar-refractivity contribution is -0.0830. The number of hydrogen-bond acceptors (Lipinski definition) is 3. The van der Waals surface area contributed by atoms with Crippen LogP contribution in [0.5, 0.6) is 0 Å². The van der Waals surface area contributed by atoms with Gasteiger partial charge in [-0.15, -0.1) is 0 Å². The second-order valence-corrected chi connectivity index (χ2v) is 8.65. The highest BCUT2D eigenvalue weighted by Gasteiger charge is 2.33. The number of aromatic nitrogens is 1. The van der Waals surface area contributed by atoms with E-state index in [0.29, 0.717) is 11.8 Å². The smallest absolute Gasteiger partial charge is 0.0629 e. The van der Waals surface area contributed by atoms with Gasteiger partial charge in [0, 0.05) is 30.6 Å². The van der Waals surface area contributed by atoms with E-state index in [0.717, 1.165) is 50.4 Å². The molecule has 0 spiro atoms. The van der Waals surface area contributed by atoms with E-state index >= 15 is 0 Å². The lowest BCUT2D eigenvalue weighted by Crippen LogP contribution is -2.38. The number of pyridine rings is 1. The van der Waals surface area contributed by atoms with Crippen molar-refractivity contribution in [3.63, 3.8) is 0 Å². The first kappa shape index (κ1) is 20.3. The van der Waals surface area contributed by atoms with Crippen molar-refractivity contribution in [3.8, 4) is 0 Å². The molecule has 4 heteroatoms. The van der Waals surface area contributed by atoms with Gasteiger partial charge < -0.3 is 10.1 Å². The fourth-order valence-corrected chi connectivity index (χ4v) is 4.37. The van der Waals surface area contributed by atoms with E-state index in [1.807, 2.05) is 30.6 Å². The van der Waals surface area contributed by atoms with Crippen molar-refractivity contribution in [2.45, 2.75) is 51.7 Å². The first-order valence-electron chi connectivity index (χ1n) is 10.0. The minimum atomic E-state index is -0.0230. The summed E-state index contributed by atoms with van der Waals surface area (Å²) in [5, 5.41) is 4.47. The molecule has 0 bridgehead atoms. The fraction of sp³-hybridized carbons (Fsp3) is 0.522. The first-order chi connectivity index (χ1) is 13.0. The highest BCUT2D eigenvalue weighted by molar-refractivity contribution is 6.31. The lowest BCUT2D eigenvalue weighted by atomic mass is 9.75. The second-order valence-electron chi connectivity index (χ2n) is 8.24. The minimum absolute atomic E-state index is 0.0230. The van der Waals surface area contributed by atoms with E-state index < -0.39 is 0 Å². The predicted octanol–water partition coefficient (Wildman–Crippen LogP) is 5.28. The van der Waals surface area contributed by atoms with Crippen molar-refractivity contribution in [3.05, 3.63) is 64.9 Å². The van der Waals surface area contributed by atoms with Crippen molar-refractivity contribution in [2.75, 3.05) is 13.2 Å². The average molecular weight is 387 g/mol. The Kier molecular flexibility index (Phi) is 7.28. The Hall–Kier alpha value is -1.42. The van der Waals surface area contributed by atoms with Crippen LogP contribution in [-0.4, -0.2) is 23.7 Å². The van der Waals surface area contributed by atoms with Crippen LogP contribution in [0.4, 0.5) is 0 Å². The Labute approximate surface area is 168 Å². The molecule has 2 aromatic rings. The number of hydrogen-bond donors (Lipinski definition) is 1. The van der Waals surface area contributed by atoms with Gasteiger partial charge in [0.25, 0.3) is 0 Å². The van der Waals surface area contributed by atoms with Crippen molar-refractivity contribution < 1.29 is 4.74 Å². The molecule has 0 amide bonds. The van der Waals surface area contributed by atoms with Crippen molar-refractivity contribution >= 4 is 11.6 Å². The van der Waals surface area contributed by atoms with Crippen molar-refractivity contribution in [1.29, 1.82) is 0 Å². The topological polar surface area (TPSA) is 34.2 Å². The van der Waals surface area contributed by atoms with Crippen LogP contribution in [0.15, 0.2) is 48.8 Å². The SMILES string of the molecule is CC1(C)C[C@@H]([C@@H](CCNCc2cccnc2)Cc2ccccc2Cl)CCO1. The largest absolute Gasteiger partial charge is 0.376 e. The zero-order valence-corrected chi connectivity index (χ0v) is 17.2. The van der Waals surface area contributed by atoms with Gasteiger partial charge in [-0.3, -0.25) is 4.98 Å². The first-order valence-corrected chi connectivity index (χ1v) is 10.4. The number of halogens is 1. The van der Waals surface area contributed by atoms with Crippen LogP contribution in [0.3, 0.4) is 0 Å². The highest BCUT2D eigenvalue weighted by Crippen LogP contribution is 2.37. The molecule has 0 aliphatic carbocycles. The summed E-state index contributed by atoms with van der Waals surface area (Å²) < 4.78 is 5.95. The quantitative estimate of drug-likeness (QED) is 0.627. The molecule has 1 fully saturated rings. The normalized spacial score (nSPS) is 20.3. The molecule has 0 saturated carbocycles. The van der Waals surface area contributed by atoms with Crippen LogP contribution in [-0.2, 0) is 17.7 Å². The van der Waals surface area contributed by atoms with Crippen LogP contribution < -0.4 is 5.32 Å². The van der Waals surface area contributed by atoms with Gasteiger partial charge in [0.2, 0.25) is 0 Å². The number of benzene rings is 1. The van der Waals surface area contributed by atoms with Gasteiger partial charge in [-0.25, -0.2) is 0 Å². The van der Waals surface area contributed by atoms with Gasteiger partial charge in [-0.1, -0.05) is 35.9 Å². The summed E-state index contributed by atoms with van der Waals surface area (Å²) in [4.78, 5) is 4.18. The van der Waals surface area contributed by atoms with Gasteiger partial charge in [-0.2, -0.15) is 0 Å². The molecular weight excluding hydrogens is 356 g/mol. The van der Waals surface area contributed by atoms with E-state index in [4.69, 9.17) is 16.3 Å². The summed E-state index contributed by atoms with van der Waals surface area (Å²) in [6, 6.07) is 12.4. The molecule has 1 aliphatic rings. The monoisotopic (exact) mass is 386 g/mol. The van der Waals surface area contributed by atoms with Gasteiger partial charge in [0.1, 0.15) is 0 Å². The van der Waals surface area contributed by atoms with Gasteiger partial charge in [0.15, 0.2) is 0 Å². The van der Waals surface area contributed by atoms with Crippen LogP contribution in [0.25, 0.3) is 0 Å². The molecule has 2 heterocycles. The van der Waals surface area contributed by atoms with Crippen molar-refractivity contribution in [2.24, 2.45) is 11.8 Å². The molecule has 1 aliphatic heterocycles. The summed E-state index contributed by atoms with van der Waals surface area (Å²) in [5.41, 5.74) is 2.47. The number of rotatable bonds is 8. The molecule has 146 valence electrons. The van der Waals surface area contributed by atoms with E-state index in [2.05, 4.69) is 42.3 Å². The minimum Gasteiger partial charge on any atom is -0.376 e. The van der Waals surface area contributed by atoms with Gasteiger partial charge >= 0.3 is 0 Å². The fourth-order valence-electron chi connectivity index (χ4n) is 4.16. The maximum Gasteiger partial charge on any atom is 0.0629 e. The molecule has 0 unspecified atom stereocenters. The van der Waals surface area contributed by atoms with Crippen LogP contribution in [0.2, 0.25) is 5.02 Å². The van der Waals surface area contributed by atoms with Crippen LogP contribution in [0.1, 0.15) is 44.2 Å². The molecule has 1 aromatic heterocycles. The number of nitrogens with zero attached hydrogens (tertiary/aromatic N) is 1. The Bertz CT molecular complexity index is 705. The lowest BCUT2D eigenvalue weighted by Gasteiger charge is -2.39. The molecule has 1 N–H and O–H groups in total. The zero-order valence-electron chi connectivity index (χ0n) is 16.5. The molecule has 0 radical (unpaired) electrons. The van der Waals surface area contributed by atoms with E-state index in [1.54, 1.807) is 0 Å². The molecule has 1 saturated heterocycles. The third-order valence-electron chi connectivity index (χ3n) is 5.59. The third kappa shape index (κ3) is 6.31. The van der Waals surface area contributed by atoms with E-state index in [-0.39, 0.29) is 5.60 Å². The Morgan fingerprint density at radius 2 is 2.11 bits per heavy atom. The molecular formula is C23H31ClN2O. The second kappa shape index (κ2) is 9.68. The summed E-state index contributed by atoms with van der Waals surface area (Å²) in [5.74, 6) is 1.28. The standard InChI is InChI=1S/C23H31ClN2O/c1-23(2)15-21(10-13-27-23)19(14-20-7-3-4-8-22(20)24)9-12-26-17-18-6-5-11-25-16-18/h3-8,11,16,19,21,26H,9-10,12-15,17H2,1-2H3/t19-,21-/m0/s1. The summed E-state index contributed by atoms with van der Waals surface area (Å²) in [6.45, 7) is 7.16. The highest BCUT2D eigenvalue weighted by atomic mass is 35.5. The van der Waals surface area contributed by atoms with Gasteiger partial charge in [0.05, 0.1) is 5.60 Å². The maximum atomic E-state index is 6.46. The zero-order chi connectivity index (χ0) is 19.1. The number of ether oxygens (including phenoxy) is 1. The van der Waals surface area contributed by atoms with E-state index in [9.17, 15) is 0 Å². The molecule has 27 heavy (non-hydrogen) atoms. The average Bonchev–Trinajstić information content (AvgIpc) is 2.66.